The van der Waals surface area contributed by atoms with Crippen molar-refractivity contribution >= 4 is 23.5 Å². The van der Waals surface area contributed by atoms with Crippen LogP contribution in [0.1, 0.15) is 16.8 Å². The Balaban J connectivity index is 2.87. The lowest BCUT2D eigenvalue weighted by Crippen LogP contribution is -2.36. The summed E-state index contributed by atoms with van der Waals surface area (Å²) in [5.74, 6) is -1.65. The molecule has 116 valence electrons. The number of amides is 1. The Morgan fingerprint density at radius 1 is 1.29 bits per heavy atom. The Bertz CT molecular complexity index is 510. The summed E-state index contributed by atoms with van der Waals surface area (Å²) in [4.78, 5) is 24.9. The number of ether oxygens (including phenoxy) is 2. The number of methoxy groups -OCH3 is 2. The number of halogens is 2. The highest BCUT2D eigenvalue weighted by atomic mass is 35.5. The van der Waals surface area contributed by atoms with Crippen LogP contribution in [0.3, 0.4) is 0 Å². The van der Waals surface area contributed by atoms with Crippen LogP contribution >= 0.6 is 11.6 Å². The molecule has 0 unspecified atom stereocenters. The predicted octanol–water partition coefficient (Wildman–Crippen LogP) is 2.13. The number of benzene rings is 1. The summed E-state index contributed by atoms with van der Waals surface area (Å²) in [5, 5.41) is 0.263. The standard InChI is InChI=1S/C14H17ClFNO4/c1-20-8-7-17(6-5-13(18)21-2)14(19)11-9-10(15)3-4-12(11)16/h3-4,9H,5-8H2,1-2H3. The third-order valence-corrected chi connectivity index (χ3v) is 3.06. The summed E-state index contributed by atoms with van der Waals surface area (Å²) in [6.07, 6.45) is 0.0220. The molecule has 0 saturated carbocycles. The van der Waals surface area contributed by atoms with Crippen LogP contribution in [0.15, 0.2) is 18.2 Å². The van der Waals surface area contributed by atoms with Gasteiger partial charge in [0.25, 0.3) is 5.91 Å². The summed E-state index contributed by atoms with van der Waals surface area (Å²) in [7, 11) is 2.75. The van der Waals surface area contributed by atoms with Gasteiger partial charge in [-0.1, -0.05) is 11.6 Å². The number of nitrogens with zero attached hydrogens (tertiary/aromatic N) is 1. The second-order valence-corrected chi connectivity index (χ2v) is 4.67. The number of esters is 1. The average Bonchev–Trinajstić information content (AvgIpc) is 2.48. The molecule has 1 rings (SSSR count). The van der Waals surface area contributed by atoms with Crippen LogP contribution in [0.4, 0.5) is 4.39 Å². The second kappa shape index (κ2) is 8.59. The molecule has 0 fully saturated rings. The summed E-state index contributed by atoms with van der Waals surface area (Å²) in [6, 6.07) is 3.75. The highest BCUT2D eigenvalue weighted by molar-refractivity contribution is 6.31. The van der Waals surface area contributed by atoms with Crippen molar-refractivity contribution in [2.45, 2.75) is 6.42 Å². The number of rotatable bonds is 7. The van der Waals surface area contributed by atoms with E-state index in [1.807, 2.05) is 0 Å². The van der Waals surface area contributed by atoms with Crippen molar-refractivity contribution in [3.63, 3.8) is 0 Å². The summed E-state index contributed by atoms with van der Waals surface area (Å²) >= 11 is 5.78. The van der Waals surface area contributed by atoms with E-state index in [4.69, 9.17) is 16.3 Å². The first kappa shape index (κ1) is 17.4. The molecular weight excluding hydrogens is 301 g/mol. The first-order valence-electron chi connectivity index (χ1n) is 6.29. The van der Waals surface area contributed by atoms with Gasteiger partial charge in [-0.25, -0.2) is 4.39 Å². The molecule has 21 heavy (non-hydrogen) atoms. The molecule has 5 nitrogen and oxygen atoms in total. The van der Waals surface area contributed by atoms with Crippen LogP contribution in [-0.4, -0.2) is 50.7 Å². The molecule has 0 aliphatic rings. The van der Waals surface area contributed by atoms with Gasteiger partial charge in [0.05, 0.1) is 25.7 Å². The lowest BCUT2D eigenvalue weighted by atomic mass is 10.1. The van der Waals surface area contributed by atoms with E-state index in [0.717, 1.165) is 6.07 Å². The van der Waals surface area contributed by atoms with Crippen LogP contribution in [0.2, 0.25) is 5.02 Å². The fraction of sp³-hybridized carbons (Fsp3) is 0.429. The van der Waals surface area contributed by atoms with E-state index in [1.54, 1.807) is 0 Å². The van der Waals surface area contributed by atoms with Crippen molar-refractivity contribution in [3.05, 3.63) is 34.6 Å². The Morgan fingerprint density at radius 2 is 2.00 bits per heavy atom. The van der Waals surface area contributed by atoms with Gasteiger partial charge in [-0.15, -0.1) is 0 Å². The van der Waals surface area contributed by atoms with Crippen molar-refractivity contribution in [1.82, 2.24) is 4.90 Å². The molecule has 1 aromatic rings. The van der Waals surface area contributed by atoms with Gasteiger partial charge in [-0.05, 0) is 18.2 Å². The average molecular weight is 318 g/mol. The highest BCUT2D eigenvalue weighted by Gasteiger charge is 2.20. The fourth-order valence-corrected chi connectivity index (χ4v) is 1.85. The molecule has 0 atom stereocenters. The lowest BCUT2D eigenvalue weighted by Gasteiger charge is -2.22. The smallest absolute Gasteiger partial charge is 0.307 e. The summed E-state index contributed by atoms with van der Waals surface area (Å²) in [5.41, 5.74) is -0.136. The van der Waals surface area contributed by atoms with Gasteiger partial charge in [0, 0.05) is 25.2 Å². The normalized spacial score (nSPS) is 10.3. The quantitative estimate of drug-likeness (QED) is 0.723. The zero-order valence-corrected chi connectivity index (χ0v) is 12.7. The molecule has 1 amide bonds. The molecule has 0 bridgehead atoms. The van der Waals surface area contributed by atoms with Crippen LogP contribution in [-0.2, 0) is 14.3 Å². The molecule has 0 radical (unpaired) electrons. The first-order valence-corrected chi connectivity index (χ1v) is 6.67. The molecule has 0 aliphatic carbocycles. The maximum Gasteiger partial charge on any atom is 0.307 e. The summed E-state index contributed by atoms with van der Waals surface area (Å²) in [6.45, 7) is 0.619. The van der Waals surface area contributed by atoms with E-state index in [0.29, 0.717) is 0 Å². The Hall–Kier alpha value is -1.66. The topological polar surface area (TPSA) is 55.8 Å². The second-order valence-electron chi connectivity index (χ2n) is 4.24. The third kappa shape index (κ3) is 5.32. The molecule has 0 heterocycles. The molecule has 7 heteroatoms. The van der Waals surface area contributed by atoms with E-state index in [-0.39, 0.29) is 36.7 Å². The first-order chi connectivity index (χ1) is 9.99. The monoisotopic (exact) mass is 317 g/mol. The van der Waals surface area contributed by atoms with Crippen molar-refractivity contribution in [3.8, 4) is 0 Å². The number of carbonyl (C=O) groups excluding carboxylic acids is 2. The fourth-order valence-electron chi connectivity index (χ4n) is 1.68. The van der Waals surface area contributed by atoms with E-state index < -0.39 is 17.7 Å². The predicted molar refractivity (Wildman–Crippen MR) is 75.8 cm³/mol. The van der Waals surface area contributed by atoms with E-state index in [1.165, 1.54) is 31.3 Å². The van der Waals surface area contributed by atoms with Gasteiger partial charge in [-0.2, -0.15) is 0 Å². The van der Waals surface area contributed by atoms with Crippen LogP contribution in [0.25, 0.3) is 0 Å². The maximum atomic E-state index is 13.7. The van der Waals surface area contributed by atoms with Crippen molar-refractivity contribution < 1.29 is 23.5 Å². The van der Waals surface area contributed by atoms with Gasteiger partial charge in [0.1, 0.15) is 5.82 Å². The SMILES string of the molecule is COCCN(CCC(=O)OC)C(=O)c1cc(Cl)ccc1F. The molecule has 0 saturated heterocycles. The van der Waals surface area contributed by atoms with Gasteiger partial charge < -0.3 is 14.4 Å². The van der Waals surface area contributed by atoms with Crippen molar-refractivity contribution in [2.24, 2.45) is 0 Å². The Kier molecular flexibility index (Phi) is 7.11. The van der Waals surface area contributed by atoms with E-state index in [2.05, 4.69) is 4.74 Å². The molecule has 1 aromatic carbocycles. The van der Waals surface area contributed by atoms with E-state index >= 15 is 0 Å². The lowest BCUT2D eigenvalue weighted by molar-refractivity contribution is -0.140. The van der Waals surface area contributed by atoms with Crippen LogP contribution < -0.4 is 0 Å². The largest absolute Gasteiger partial charge is 0.469 e. The van der Waals surface area contributed by atoms with Crippen LogP contribution in [0.5, 0.6) is 0 Å². The molecule has 0 aliphatic heterocycles. The third-order valence-electron chi connectivity index (χ3n) is 2.82. The van der Waals surface area contributed by atoms with Gasteiger partial charge >= 0.3 is 5.97 Å². The highest BCUT2D eigenvalue weighted by Crippen LogP contribution is 2.17. The molecule has 0 aromatic heterocycles. The molecular formula is C14H17ClFNO4. The van der Waals surface area contributed by atoms with Crippen molar-refractivity contribution in [2.75, 3.05) is 33.9 Å². The zero-order valence-electron chi connectivity index (χ0n) is 11.9. The van der Waals surface area contributed by atoms with E-state index in [9.17, 15) is 14.0 Å². The number of hydrogen-bond donors (Lipinski definition) is 0. The van der Waals surface area contributed by atoms with Gasteiger partial charge in [0.15, 0.2) is 0 Å². The van der Waals surface area contributed by atoms with Crippen molar-refractivity contribution in [1.29, 1.82) is 0 Å². The number of carbonyl (C=O) groups is 2. The zero-order chi connectivity index (χ0) is 15.8. The maximum absolute atomic E-state index is 13.7. The Morgan fingerprint density at radius 3 is 2.62 bits per heavy atom. The Labute approximate surface area is 127 Å². The minimum absolute atomic E-state index is 0.0220. The molecule has 0 spiro atoms. The number of hydrogen-bond acceptors (Lipinski definition) is 4. The minimum atomic E-state index is -0.662. The summed E-state index contributed by atoms with van der Waals surface area (Å²) < 4.78 is 23.2. The minimum Gasteiger partial charge on any atom is -0.469 e. The van der Waals surface area contributed by atoms with Gasteiger partial charge in [-0.3, -0.25) is 9.59 Å². The van der Waals surface area contributed by atoms with Crippen LogP contribution in [0, 0.1) is 5.82 Å². The van der Waals surface area contributed by atoms with Gasteiger partial charge in [0.2, 0.25) is 0 Å². The molecule has 0 N–H and O–H groups in total.